The van der Waals surface area contributed by atoms with E-state index in [-0.39, 0.29) is 9.64 Å². The first-order valence-electron chi connectivity index (χ1n) is 5.78. The maximum atomic E-state index is 12.3. The van der Waals surface area contributed by atoms with Gasteiger partial charge in [-0.15, -0.1) is 0 Å². The summed E-state index contributed by atoms with van der Waals surface area (Å²) in [5.74, 6) is 0. The second-order valence-electron chi connectivity index (χ2n) is 4.58. The van der Waals surface area contributed by atoms with Crippen LogP contribution in [0.1, 0.15) is 12.8 Å². The van der Waals surface area contributed by atoms with Crippen molar-refractivity contribution in [3.05, 3.63) is 32.8 Å². The molecule has 20 heavy (non-hydrogen) atoms. The second kappa shape index (κ2) is 5.63. The van der Waals surface area contributed by atoms with Crippen LogP contribution in [0.15, 0.2) is 27.6 Å². The summed E-state index contributed by atoms with van der Waals surface area (Å²) in [4.78, 5) is 9.94. The van der Waals surface area contributed by atoms with Crippen molar-refractivity contribution < 1.29 is 13.3 Å². The molecule has 1 aromatic rings. The van der Waals surface area contributed by atoms with E-state index >= 15 is 0 Å². The van der Waals surface area contributed by atoms with Crippen molar-refractivity contribution in [1.82, 2.24) is 4.72 Å². The quantitative estimate of drug-likeness (QED) is 0.604. The van der Waals surface area contributed by atoms with E-state index in [0.29, 0.717) is 11.0 Å². The van der Waals surface area contributed by atoms with Crippen LogP contribution >= 0.6 is 27.7 Å². The van der Waals surface area contributed by atoms with Crippen molar-refractivity contribution in [1.29, 1.82) is 0 Å². The fourth-order valence-corrected chi connectivity index (χ4v) is 4.40. The van der Waals surface area contributed by atoms with E-state index < -0.39 is 20.6 Å². The molecule has 0 atom stereocenters. The number of nitrogens with zero attached hydrogens (tertiary/aromatic N) is 1. The van der Waals surface area contributed by atoms with Crippen LogP contribution in [0.5, 0.6) is 0 Å². The minimum atomic E-state index is -3.90. The van der Waals surface area contributed by atoms with Crippen LogP contribution in [-0.2, 0) is 10.0 Å². The van der Waals surface area contributed by atoms with Gasteiger partial charge in [0.25, 0.3) is 5.69 Å². The number of hydrogen-bond donors (Lipinski definition) is 1. The first-order valence-corrected chi connectivity index (χ1v) is 9.28. The lowest BCUT2D eigenvalue weighted by Gasteiger charge is -2.13. The summed E-state index contributed by atoms with van der Waals surface area (Å²) in [5.41, 5.74) is -0.422. The molecule has 0 unspecified atom stereocenters. The molecule has 110 valence electrons. The molecule has 0 aliphatic heterocycles. The van der Waals surface area contributed by atoms with Gasteiger partial charge in [0.2, 0.25) is 10.0 Å². The molecule has 0 radical (unpaired) electrons. The number of nitro benzene ring substituents is 1. The molecule has 9 heteroatoms. The van der Waals surface area contributed by atoms with Crippen LogP contribution in [-0.4, -0.2) is 30.9 Å². The largest absolute Gasteiger partial charge is 0.289 e. The van der Waals surface area contributed by atoms with E-state index in [4.69, 9.17) is 0 Å². The summed E-state index contributed by atoms with van der Waals surface area (Å²) in [5, 5.41) is 10.9. The zero-order chi connectivity index (χ0) is 15.0. The van der Waals surface area contributed by atoms with Crippen LogP contribution in [0.25, 0.3) is 0 Å². The van der Waals surface area contributed by atoms with Gasteiger partial charge in [-0.05, 0) is 31.2 Å². The third-order valence-electron chi connectivity index (χ3n) is 3.23. The molecule has 1 aliphatic rings. The molecule has 0 aromatic heterocycles. The zero-order valence-corrected chi connectivity index (χ0v) is 13.8. The maximum absolute atomic E-state index is 12.3. The smallest absolute Gasteiger partial charge is 0.258 e. The fraction of sp³-hybridized carbons (Fsp3) is 0.455. The van der Waals surface area contributed by atoms with Crippen molar-refractivity contribution in [2.75, 3.05) is 12.8 Å². The van der Waals surface area contributed by atoms with E-state index in [1.54, 1.807) is 11.8 Å². The van der Waals surface area contributed by atoms with E-state index in [1.807, 2.05) is 6.26 Å². The minimum Gasteiger partial charge on any atom is -0.258 e. The Morgan fingerprint density at radius 2 is 2.15 bits per heavy atom. The Bertz CT molecular complexity index is 644. The minimum absolute atomic E-state index is 0.0478. The van der Waals surface area contributed by atoms with Gasteiger partial charge in [-0.25, -0.2) is 13.1 Å². The summed E-state index contributed by atoms with van der Waals surface area (Å²) in [6.45, 7) is 0.292. The van der Waals surface area contributed by atoms with E-state index in [2.05, 4.69) is 20.7 Å². The Morgan fingerprint density at radius 1 is 1.50 bits per heavy atom. The van der Waals surface area contributed by atoms with Gasteiger partial charge in [0.05, 0.1) is 4.92 Å². The summed E-state index contributed by atoms with van der Waals surface area (Å²) in [6.07, 6.45) is 3.84. The summed E-state index contributed by atoms with van der Waals surface area (Å²) >= 11 is 4.75. The highest BCUT2D eigenvalue weighted by atomic mass is 79.9. The number of hydrogen-bond acceptors (Lipinski definition) is 5. The number of sulfonamides is 1. The topological polar surface area (TPSA) is 89.3 Å². The van der Waals surface area contributed by atoms with Gasteiger partial charge in [-0.2, -0.15) is 11.8 Å². The molecule has 0 heterocycles. The number of thioether (sulfide) groups is 1. The highest BCUT2D eigenvalue weighted by Gasteiger charge is 2.43. The molecule has 0 bridgehead atoms. The van der Waals surface area contributed by atoms with Crippen molar-refractivity contribution in [2.24, 2.45) is 0 Å². The standard InChI is InChI=1S/C11H13BrN2O4S2/c1-19-11(4-5-11)7-13-20(17,18)10-6-8(12)2-3-9(10)14(15)16/h2-3,6,13H,4-5,7H2,1H3. The molecule has 0 saturated heterocycles. The highest BCUT2D eigenvalue weighted by Crippen LogP contribution is 2.46. The third-order valence-corrected chi connectivity index (χ3v) is 6.58. The normalized spacial score (nSPS) is 16.9. The van der Waals surface area contributed by atoms with Gasteiger partial charge >= 0.3 is 0 Å². The fourth-order valence-electron chi connectivity index (χ4n) is 1.75. The summed E-state index contributed by atoms with van der Waals surface area (Å²) < 4.78 is 27.4. The maximum Gasteiger partial charge on any atom is 0.289 e. The number of nitro groups is 1. The lowest BCUT2D eigenvalue weighted by molar-refractivity contribution is -0.387. The summed E-state index contributed by atoms with van der Waals surface area (Å²) in [6, 6.07) is 3.88. The molecule has 1 saturated carbocycles. The monoisotopic (exact) mass is 380 g/mol. The lowest BCUT2D eigenvalue weighted by Crippen LogP contribution is -2.32. The van der Waals surface area contributed by atoms with Crippen LogP contribution in [0, 0.1) is 10.1 Å². The molecule has 0 amide bonds. The predicted octanol–water partition coefficient (Wildman–Crippen LogP) is 2.53. The lowest BCUT2D eigenvalue weighted by atomic mass is 10.3. The van der Waals surface area contributed by atoms with Gasteiger partial charge < -0.3 is 0 Å². The Hall–Kier alpha value is -0.640. The van der Waals surface area contributed by atoms with Crippen LogP contribution < -0.4 is 4.72 Å². The van der Waals surface area contributed by atoms with Crippen molar-refractivity contribution >= 4 is 43.4 Å². The van der Waals surface area contributed by atoms with Crippen molar-refractivity contribution in [3.63, 3.8) is 0 Å². The van der Waals surface area contributed by atoms with E-state index in [9.17, 15) is 18.5 Å². The van der Waals surface area contributed by atoms with Crippen LogP contribution in [0.2, 0.25) is 0 Å². The third kappa shape index (κ3) is 3.33. The second-order valence-corrected chi connectivity index (χ2v) is 8.51. The van der Waals surface area contributed by atoms with Gasteiger partial charge in [0.1, 0.15) is 0 Å². The molecule has 6 nitrogen and oxygen atoms in total. The molecule has 1 fully saturated rings. The van der Waals surface area contributed by atoms with Crippen molar-refractivity contribution in [3.8, 4) is 0 Å². The van der Waals surface area contributed by atoms with Crippen LogP contribution in [0.3, 0.4) is 0 Å². The average molecular weight is 381 g/mol. The molecule has 1 N–H and O–H groups in total. The molecule has 0 spiro atoms. The number of halogens is 1. The molecular weight excluding hydrogens is 368 g/mol. The van der Waals surface area contributed by atoms with E-state index in [1.165, 1.54) is 18.2 Å². The molecule has 1 aromatic carbocycles. The molecular formula is C11H13BrN2O4S2. The van der Waals surface area contributed by atoms with Gasteiger partial charge in [0, 0.05) is 21.8 Å². The van der Waals surface area contributed by atoms with E-state index in [0.717, 1.165) is 12.8 Å². The Labute approximate surface area is 129 Å². The zero-order valence-electron chi connectivity index (χ0n) is 10.6. The SMILES string of the molecule is CSC1(CNS(=O)(=O)c2cc(Br)ccc2[N+](=O)[O-])CC1. The number of benzene rings is 1. The van der Waals surface area contributed by atoms with Crippen molar-refractivity contribution in [2.45, 2.75) is 22.5 Å². The Kier molecular flexibility index (Phi) is 4.43. The van der Waals surface area contributed by atoms with Gasteiger partial charge in [-0.1, -0.05) is 15.9 Å². The molecule has 2 rings (SSSR count). The van der Waals surface area contributed by atoms with Gasteiger partial charge in [-0.3, -0.25) is 10.1 Å². The first kappa shape index (κ1) is 15.7. The average Bonchev–Trinajstić information content (AvgIpc) is 3.17. The Morgan fingerprint density at radius 3 is 2.65 bits per heavy atom. The Balaban J connectivity index is 2.29. The number of rotatable bonds is 6. The number of nitrogens with one attached hydrogen (secondary N) is 1. The first-order chi connectivity index (χ1) is 9.30. The van der Waals surface area contributed by atoms with Gasteiger partial charge in [0.15, 0.2) is 4.90 Å². The highest BCUT2D eigenvalue weighted by molar-refractivity contribution is 9.10. The predicted molar refractivity (Wildman–Crippen MR) is 81.5 cm³/mol. The van der Waals surface area contributed by atoms with Crippen LogP contribution in [0.4, 0.5) is 5.69 Å². The molecule has 1 aliphatic carbocycles. The summed E-state index contributed by atoms with van der Waals surface area (Å²) in [7, 11) is -3.90.